The van der Waals surface area contributed by atoms with Crippen molar-refractivity contribution in [2.24, 2.45) is 23.0 Å². The van der Waals surface area contributed by atoms with Crippen LogP contribution in [0.4, 0.5) is 10.2 Å². The van der Waals surface area contributed by atoms with Crippen molar-refractivity contribution < 1.29 is 9.13 Å². The molecular formula is C30H37FN8O. The van der Waals surface area contributed by atoms with Gasteiger partial charge in [-0.15, -0.1) is 10.2 Å². The molecule has 10 heteroatoms. The van der Waals surface area contributed by atoms with Crippen molar-refractivity contribution in [1.29, 1.82) is 0 Å². The van der Waals surface area contributed by atoms with Gasteiger partial charge in [-0.1, -0.05) is 13.8 Å². The van der Waals surface area contributed by atoms with E-state index in [1.54, 1.807) is 18.6 Å². The van der Waals surface area contributed by atoms with Gasteiger partial charge in [0.25, 0.3) is 5.88 Å². The van der Waals surface area contributed by atoms with Gasteiger partial charge < -0.3 is 15.4 Å². The van der Waals surface area contributed by atoms with E-state index in [2.05, 4.69) is 48.8 Å². The summed E-state index contributed by atoms with van der Waals surface area (Å²) in [6.45, 7) is 8.69. The maximum atomic E-state index is 14.5. The Morgan fingerprint density at radius 3 is 2.65 bits per heavy atom. The molecule has 1 spiro atoms. The van der Waals surface area contributed by atoms with E-state index in [1.165, 1.54) is 18.5 Å². The van der Waals surface area contributed by atoms with Crippen LogP contribution in [-0.2, 0) is 0 Å². The summed E-state index contributed by atoms with van der Waals surface area (Å²) < 4.78 is 20.8. The van der Waals surface area contributed by atoms with E-state index in [9.17, 15) is 4.39 Å². The Labute approximate surface area is 234 Å². The van der Waals surface area contributed by atoms with E-state index in [0.717, 1.165) is 75.5 Å². The first kappa shape index (κ1) is 25.7. The minimum absolute atomic E-state index is 0.253. The predicted octanol–water partition coefficient (Wildman–Crippen LogP) is 4.41. The molecule has 0 bridgehead atoms. The summed E-state index contributed by atoms with van der Waals surface area (Å²) in [5.41, 5.74) is 8.72. The molecule has 40 heavy (non-hydrogen) atoms. The number of likely N-dealkylation sites (tertiary alicyclic amines) is 1. The van der Waals surface area contributed by atoms with Gasteiger partial charge in [0.2, 0.25) is 0 Å². The first-order valence-corrected chi connectivity index (χ1v) is 14.6. The molecule has 1 aromatic carbocycles. The zero-order chi connectivity index (χ0) is 27.4. The quantitative estimate of drug-likeness (QED) is 0.441. The lowest BCUT2D eigenvalue weighted by atomic mass is 9.68. The van der Waals surface area contributed by atoms with Gasteiger partial charge in [-0.05, 0) is 62.1 Å². The summed E-state index contributed by atoms with van der Waals surface area (Å²) in [4.78, 5) is 18.3. The summed E-state index contributed by atoms with van der Waals surface area (Å²) in [5.74, 6) is 2.88. The highest BCUT2D eigenvalue weighted by atomic mass is 19.1. The lowest BCUT2D eigenvalue weighted by Gasteiger charge is -2.56. The number of benzene rings is 1. The average molecular weight is 545 g/mol. The Hall–Kier alpha value is -3.24. The summed E-state index contributed by atoms with van der Waals surface area (Å²) in [6.07, 6.45) is 10.3. The smallest absolute Gasteiger partial charge is 0.282 e. The van der Waals surface area contributed by atoms with Gasteiger partial charge in [-0.2, -0.15) is 0 Å². The Morgan fingerprint density at radius 2 is 1.90 bits per heavy atom. The van der Waals surface area contributed by atoms with Crippen molar-refractivity contribution in [3.63, 3.8) is 0 Å². The summed E-state index contributed by atoms with van der Waals surface area (Å²) in [7, 11) is 0. The predicted molar refractivity (Wildman–Crippen MR) is 149 cm³/mol. The van der Waals surface area contributed by atoms with Crippen LogP contribution in [-0.4, -0.2) is 68.3 Å². The van der Waals surface area contributed by atoms with E-state index in [4.69, 9.17) is 10.5 Å². The number of hydrogen-bond acceptors (Lipinski definition) is 9. The average Bonchev–Trinajstić information content (AvgIpc) is 3.67. The Balaban J connectivity index is 1.10. The van der Waals surface area contributed by atoms with Crippen LogP contribution in [0.2, 0.25) is 0 Å². The summed E-state index contributed by atoms with van der Waals surface area (Å²) in [6, 6.07) is 5.51. The molecule has 3 aromatic rings. The number of aromatic nitrogens is 5. The zero-order valence-corrected chi connectivity index (χ0v) is 23.2. The number of nitrogens with zero attached hydrogens (tertiary/aromatic N) is 7. The fraction of sp³-hybridized carbons (Fsp3) is 0.567. The molecule has 0 amide bonds. The van der Waals surface area contributed by atoms with E-state index in [1.807, 2.05) is 0 Å². The van der Waals surface area contributed by atoms with Gasteiger partial charge in [-0.3, -0.25) is 4.90 Å². The minimum Gasteiger partial charge on any atom is -0.434 e. The Kier molecular flexibility index (Phi) is 6.42. The molecule has 4 fully saturated rings. The third-order valence-corrected chi connectivity index (χ3v) is 9.33. The van der Waals surface area contributed by atoms with E-state index < -0.39 is 0 Å². The SMILES string of the molecule is CC(C)[C@@H](C1CC(N)C1)N1CC2(CCN(c3ncnnc3Oc3ccc(F)cc3-c3cncnc3C3CC3)C2)C1. The number of anilines is 1. The topological polar surface area (TPSA) is 106 Å². The molecule has 0 radical (unpaired) electrons. The second-order valence-corrected chi connectivity index (χ2v) is 12.7. The largest absolute Gasteiger partial charge is 0.434 e. The maximum absolute atomic E-state index is 14.5. The van der Waals surface area contributed by atoms with Crippen LogP contribution in [0.1, 0.15) is 57.6 Å². The molecule has 1 atom stereocenters. The van der Waals surface area contributed by atoms with Crippen LogP contribution in [0.15, 0.2) is 37.1 Å². The maximum Gasteiger partial charge on any atom is 0.282 e. The molecule has 4 heterocycles. The number of nitrogens with two attached hydrogens (primary N) is 1. The van der Waals surface area contributed by atoms with Gasteiger partial charge >= 0.3 is 0 Å². The first-order chi connectivity index (χ1) is 19.4. The fourth-order valence-electron chi connectivity index (χ4n) is 7.33. The number of rotatable bonds is 8. The molecule has 4 aliphatic rings. The highest BCUT2D eigenvalue weighted by Crippen LogP contribution is 2.48. The van der Waals surface area contributed by atoms with Crippen LogP contribution in [0.25, 0.3) is 11.1 Å². The minimum atomic E-state index is -0.343. The second-order valence-electron chi connectivity index (χ2n) is 12.7. The third kappa shape index (κ3) is 4.71. The molecular weight excluding hydrogens is 507 g/mol. The van der Waals surface area contributed by atoms with Crippen molar-refractivity contribution in [1.82, 2.24) is 30.0 Å². The molecule has 7 rings (SSSR count). The van der Waals surface area contributed by atoms with Crippen LogP contribution >= 0.6 is 0 Å². The monoisotopic (exact) mass is 544 g/mol. The molecule has 2 aromatic heterocycles. The lowest BCUT2D eigenvalue weighted by Crippen LogP contribution is -2.65. The van der Waals surface area contributed by atoms with E-state index >= 15 is 0 Å². The Bertz CT molecular complexity index is 1390. The number of halogens is 1. The molecule has 0 unspecified atom stereocenters. The number of ether oxygens (including phenoxy) is 1. The second kappa shape index (κ2) is 9.99. The van der Waals surface area contributed by atoms with Gasteiger partial charge in [0.15, 0.2) is 5.82 Å². The summed E-state index contributed by atoms with van der Waals surface area (Å²) >= 11 is 0. The van der Waals surface area contributed by atoms with Gasteiger partial charge in [0.1, 0.15) is 24.2 Å². The molecule has 2 saturated carbocycles. The standard InChI is InChI=1S/C30H37FN8O/c1-18(2)27(20-9-22(32)10-20)39-14-30(15-39)7-8-38(13-30)28-29(37-36-17-35-28)40-25-6-5-21(31)11-23(25)24-12-33-16-34-26(24)19-3-4-19/h5-6,11-12,16-20,22,27H,3-4,7-10,13-15,32H2,1-2H3/t20?,22?,27-/m0/s1. The normalized spacial score (nSPS) is 24.7. The number of hydrogen-bond donors (Lipinski definition) is 1. The van der Waals surface area contributed by atoms with Crippen molar-refractivity contribution in [3.8, 4) is 22.8 Å². The van der Waals surface area contributed by atoms with Crippen LogP contribution in [0.3, 0.4) is 0 Å². The first-order valence-electron chi connectivity index (χ1n) is 14.6. The zero-order valence-electron chi connectivity index (χ0n) is 23.2. The highest BCUT2D eigenvalue weighted by molar-refractivity contribution is 5.73. The van der Waals surface area contributed by atoms with Gasteiger partial charge in [-0.25, -0.2) is 19.3 Å². The van der Waals surface area contributed by atoms with Crippen LogP contribution in [0, 0.1) is 23.1 Å². The van der Waals surface area contributed by atoms with Gasteiger partial charge in [0, 0.05) is 66.9 Å². The van der Waals surface area contributed by atoms with Gasteiger partial charge in [0.05, 0.1) is 5.69 Å². The van der Waals surface area contributed by atoms with E-state index in [0.29, 0.717) is 46.9 Å². The Morgan fingerprint density at radius 1 is 1.07 bits per heavy atom. The fourth-order valence-corrected chi connectivity index (χ4v) is 7.33. The summed E-state index contributed by atoms with van der Waals surface area (Å²) in [5, 5.41) is 8.35. The molecule has 2 N–H and O–H groups in total. The molecule has 2 aliphatic heterocycles. The molecule has 2 aliphatic carbocycles. The highest BCUT2D eigenvalue weighted by Gasteiger charge is 2.52. The van der Waals surface area contributed by atoms with Crippen molar-refractivity contribution >= 4 is 5.82 Å². The van der Waals surface area contributed by atoms with Crippen molar-refractivity contribution in [3.05, 3.63) is 48.6 Å². The molecule has 9 nitrogen and oxygen atoms in total. The molecule has 2 saturated heterocycles. The van der Waals surface area contributed by atoms with Crippen molar-refractivity contribution in [2.75, 3.05) is 31.1 Å². The van der Waals surface area contributed by atoms with Crippen molar-refractivity contribution in [2.45, 2.75) is 64.0 Å². The lowest BCUT2D eigenvalue weighted by molar-refractivity contribution is -0.0667. The molecule has 210 valence electrons. The third-order valence-electron chi connectivity index (χ3n) is 9.33. The van der Waals surface area contributed by atoms with Crippen LogP contribution in [0.5, 0.6) is 11.6 Å². The van der Waals surface area contributed by atoms with Crippen LogP contribution < -0.4 is 15.4 Å². The van der Waals surface area contributed by atoms with E-state index in [-0.39, 0.29) is 11.2 Å².